The van der Waals surface area contributed by atoms with Crippen molar-refractivity contribution in [1.82, 2.24) is 0 Å². The van der Waals surface area contributed by atoms with E-state index in [2.05, 4.69) is 19.8 Å². The van der Waals surface area contributed by atoms with Crippen molar-refractivity contribution in [2.45, 2.75) is 20.3 Å². The van der Waals surface area contributed by atoms with Crippen LogP contribution in [-0.2, 0) is 6.42 Å². The molecule has 0 aliphatic rings. The van der Waals surface area contributed by atoms with Crippen molar-refractivity contribution in [2.75, 3.05) is 0 Å². The number of rotatable bonds is 1. The van der Waals surface area contributed by atoms with Crippen LogP contribution in [0.4, 0.5) is 0 Å². The fraction of sp³-hybridized carbons (Fsp3) is 0.333. The molecule has 0 bridgehead atoms. The Morgan fingerprint density at radius 3 is 2.20 bits per heavy atom. The summed E-state index contributed by atoms with van der Waals surface area (Å²) in [4.78, 5) is 0. The maximum absolute atomic E-state index is 5.23. The molecule has 0 saturated heterocycles. The summed E-state index contributed by atoms with van der Waals surface area (Å²) in [6.07, 6.45) is 8.99. The normalized spacial score (nSPS) is 8.00. The van der Waals surface area contributed by atoms with Gasteiger partial charge in [-0.3, -0.25) is 0 Å². The Kier molecular flexibility index (Phi) is 4.15. The summed E-state index contributed by atoms with van der Waals surface area (Å²) in [5.41, 5.74) is 0. The largest absolute Gasteiger partial charge is 0.466 e. The molecule has 0 spiro atoms. The number of aryl methyl sites for hydroxylation is 2. The highest BCUT2D eigenvalue weighted by atomic mass is 16.3. The van der Waals surface area contributed by atoms with E-state index >= 15 is 0 Å². The smallest absolute Gasteiger partial charge is 0.103 e. The minimum Gasteiger partial charge on any atom is -0.466 e. The molecule has 1 nitrogen and oxygen atoms in total. The summed E-state index contributed by atoms with van der Waals surface area (Å²) in [7, 11) is 0. The second-order valence-electron chi connectivity index (χ2n) is 1.87. The molecule has 0 amide bonds. The first kappa shape index (κ1) is 8.84. The lowest BCUT2D eigenvalue weighted by Crippen LogP contribution is -1.67. The quantitative estimate of drug-likeness (QED) is 0.540. The van der Waals surface area contributed by atoms with Gasteiger partial charge in [-0.2, -0.15) is 0 Å². The highest BCUT2D eigenvalue weighted by molar-refractivity contribution is 5.04. The molecule has 1 aromatic heterocycles. The minimum atomic E-state index is 0.994. The van der Waals surface area contributed by atoms with Crippen molar-refractivity contribution in [3.8, 4) is 12.8 Å². The van der Waals surface area contributed by atoms with Crippen molar-refractivity contribution < 1.29 is 4.42 Å². The summed E-state index contributed by atoms with van der Waals surface area (Å²) in [6, 6.07) is 3.99. The summed E-state index contributed by atoms with van der Waals surface area (Å²) >= 11 is 0. The Hall–Kier alpha value is -1.16. The van der Waals surface area contributed by atoms with E-state index in [1.54, 1.807) is 0 Å². The van der Waals surface area contributed by atoms with Crippen LogP contribution in [0.2, 0.25) is 0 Å². The molecule has 0 aromatic carbocycles. The summed E-state index contributed by atoms with van der Waals surface area (Å²) in [5.74, 6) is 2.07. The van der Waals surface area contributed by atoms with E-state index in [0.717, 1.165) is 17.9 Å². The van der Waals surface area contributed by atoms with Crippen LogP contribution in [0.3, 0.4) is 0 Å². The molecule has 0 radical (unpaired) electrons. The van der Waals surface area contributed by atoms with Gasteiger partial charge in [0.25, 0.3) is 0 Å². The monoisotopic (exact) mass is 136 g/mol. The van der Waals surface area contributed by atoms with Crippen LogP contribution in [0, 0.1) is 19.8 Å². The third-order valence-electron chi connectivity index (χ3n) is 1.14. The molecular formula is C9H12O. The molecule has 1 rings (SSSR count). The highest BCUT2D eigenvalue weighted by Gasteiger charge is 1.91. The van der Waals surface area contributed by atoms with Gasteiger partial charge >= 0.3 is 0 Å². The summed E-state index contributed by atoms with van der Waals surface area (Å²) in [5, 5.41) is 0. The fourth-order valence-corrected chi connectivity index (χ4v) is 0.675. The summed E-state index contributed by atoms with van der Waals surface area (Å²) < 4.78 is 5.23. The van der Waals surface area contributed by atoms with Gasteiger partial charge in [0.05, 0.1) is 0 Å². The average molecular weight is 136 g/mol. The van der Waals surface area contributed by atoms with Crippen molar-refractivity contribution in [3.05, 3.63) is 23.7 Å². The van der Waals surface area contributed by atoms with Crippen molar-refractivity contribution in [3.63, 3.8) is 0 Å². The average Bonchev–Trinajstić information content (AvgIpc) is 2.40. The molecule has 0 fully saturated rings. The van der Waals surface area contributed by atoms with Crippen LogP contribution in [0.1, 0.15) is 18.4 Å². The molecule has 0 aliphatic carbocycles. The van der Waals surface area contributed by atoms with Gasteiger partial charge in [-0.05, 0) is 19.1 Å². The van der Waals surface area contributed by atoms with Crippen LogP contribution in [0.5, 0.6) is 0 Å². The maximum atomic E-state index is 5.23. The molecule has 1 aromatic rings. The van der Waals surface area contributed by atoms with Gasteiger partial charge in [-0.15, -0.1) is 12.8 Å². The highest BCUT2D eigenvalue weighted by Crippen LogP contribution is 2.05. The predicted molar refractivity (Wildman–Crippen MR) is 42.7 cm³/mol. The number of hydrogen-bond acceptors (Lipinski definition) is 1. The molecule has 54 valence electrons. The number of hydrogen-bond donors (Lipinski definition) is 0. The lowest BCUT2D eigenvalue weighted by atomic mass is 10.4. The van der Waals surface area contributed by atoms with E-state index < -0.39 is 0 Å². The lowest BCUT2D eigenvalue weighted by Gasteiger charge is -1.83. The maximum Gasteiger partial charge on any atom is 0.103 e. The topological polar surface area (TPSA) is 13.1 Å². The molecule has 1 heteroatoms. The molecule has 0 N–H and O–H groups in total. The van der Waals surface area contributed by atoms with E-state index in [9.17, 15) is 0 Å². The van der Waals surface area contributed by atoms with Crippen molar-refractivity contribution in [2.24, 2.45) is 0 Å². The standard InChI is InChI=1S/C7H10O.C2H2/c1-3-7-5-4-6(2)8-7;1-2/h4-5H,3H2,1-2H3;1-2H. The van der Waals surface area contributed by atoms with Gasteiger partial charge < -0.3 is 4.42 Å². The number of terminal acetylenes is 1. The molecular weight excluding hydrogens is 124 g/mol. The summed E-state index contributed by atoms with van der Waals surface area (Å²) in [6.45, 7) is 4.04. The Balaban J connectivity index is 0.000000371. The second kappa shape index (κ2) is 4.69. The Labute approximate surface area is 62.1 Å². The van der Waals surface area contributed by atoms with Crippen LogP contribution < -0.4 is 0 Å². The van der Waals surface area contributed by atoms with Crippen LogP contribution in [-0.4, -0.2) is 0 Å². The first-order valence-electron chi connectivity index (χ1n) is 3.21. The van der Waals surface area contributed by atoms with Crippen molar-refractivity contribution >= 4 is 0 Å². The second-order valence-corrected chi connectivity index (χ2v) is 1.87. The Morgan fingerprint density at radius 2 is 2.00 bits per heavy atom. The van der Waals surface area contributed by atoms with Gasteiger partial charge in [-0.25, -0.2) is 0 Å². The molecule has 0 atom stereocenters. The first-order chi connectivity index (χ1) is 4.83. The van der Waals surface area contributed by atoms with Crippen LogP contribution in [0.25, 0.3) is 0 Å². The lowest BCUT2D eigenvalue weighted by molar-refractivity contribution is 0.489. The van der Waals surface area contributed by atoms with Gasteiger partial charge in [0.15, 0.2) is 0 Å². The fourth-order valence-electron chi connectivity index (χ4n) is 0.675. The van der Waals surface area contributed by atoms with E-state index in [1.807, 2.05) is 19.1 Å². The van der Waals surface area contributed by atoms with Crippen molar-refractivity contribution in [1.29, 1.82) is 0 Å². The first-order valence-corrected chi connectivity index (χ1v) is 3.21. The predicted octanol–water partition coefficient (Wildman–Crippen LogP) is 2.40. The Morgan fingerprint density at radius 1 is 1.40 bits per heavy atom. The zero-order valence-electron chi connectivity index (χ0n) is 6.42. The van der Waals surface area contributed by atoms with Gasteiger partial charge in [0.2, 0.25) is 0 Å². The van der Waals surface area contributed by atoms with Gasteiger partial charge in [-0.1, -0.05) is 6.92 Å². The molecule has 0 saturated carbocycles. The molecule has 0 unspecified atom stereocenters. The van der Waals surface area contributed by atoms with E-state index in [1.165, 1.54) is 0 Å². The molecule has 10 heavy (non-hydrogen) atoms. The van der Waals surface area contributed by atoms with E-state index in [0.29, 0.717) is 0 Å². The zero-order chi connectivity index (χ0) is 7.98. The Bertz CT molecular complexity index is 195. The van der Waals surface area contributed by atoms with Crippen LogP contribution in [0.15, 0.2) is 16.5 Å². The minimum absolute atomic E-state index is 0.994. The van der Waals surface area contributed by atoms with Gasteiger partial charge in [0.1, 0.15) is 11.5 Å². The zero-order valence-corrected chi connectivity index (χ0v) is 6.42. The van der Waals surface area contributed by atoms with E-state index in [4.69, 9.17) is 4.42 Å². The molecule has 1 heterocycles. The van der Waals surface area contributed by atoms with Gasteiger partial charge in [0, 0.05) is 6.42 Å². The third kappa shape index (κ3) is 2.41. The SMILES string of the molecule is C#C.CCc1ccc(C)o1. The number of furan rings is 1. The van der Waals surface area contributed by atoms with E-state index in [-0.39, 0.29) is 0 Å². The van der Waals surface area contributed by atoms with Crippen LogP contribution >= 0.6 is 0 Å². The third-order valence-corrected chi connectivity index (χ3v) is 1.14. The molecule has 0 aliphatic heterocycles.